The zero-order valence-corrected chi connectivity index (χ0v) is 15.5. The summed E-state index contributed by atoms with van der Waals surface area (Å²) in [5.41, 5.74) is 2.01. The van der Waals surface area contributed by atoms with Gasteiger partial charge in [-0.05, 0) is 24.6 Å². The number of para-hydroxylation sites is 2. The van der Waals surface area contributed by atoms with E-state index in [0.29, 0.717) is 12.3 Å². The van der Waals surface area contributed by atoms with E-state index in [-0.39, 0.29) is 11.9 Å². The standard InChI is InChI=1S/C21H27N3O2/c1-17(21(26)22(2)16-18-8-4-3-5-9-18)23-12-14-24(15-13-23)19-10-6-7-11-20(19)25/h3-11,17,25H,12-16H2,1-2H3/t17-/m0/s1. The van der Waals surface area contributed by atoms with Gasteiger partial charge in [0.05, 0.1) is 11.7 Å². The molecule has 3 rings (SSSR count). The van der Waals surface area contributed by atoms with Crippen LogP contribution in [0.3, 0.4) is 0 Å². The highest BCUT2D eigenvalue weighted by molar-refractivity contribution is 5.81. The summed E-state index contributed by atoms with van der Waals surface area (Å²) >= 11 is 0. The third-order valence-electron chi connectivity index (χ3n) is 5.08. The molecule has 0 aromatic heterocycles. The Bertz CT molecular complexity index is 727. The fraction of sp³-hybridized carbons (Fsp3) is 0.381. The number of amides is 1. The fourth-order valence-electron chi connectivity index (χ4n) is 3.49. The summed E-state index contributed by atoms with van der Waals surface area (Å²) in [5, 5.41) is 10.0. The molecule has 26 heavy (non-hydrogen) atoms. The molecule has 1 N–H and O–H groups in total. The van der Waals surface area contributed by atoms with Gasteiger partial charge in [0, 0.05) is 39.8 Å². The van der Waals surface area contributed by atoms with Crippen LogP contribution in [-0.4, -0.2) is 60.1 Å². The number of aromatic hydroxyl groups is 1. The fourth-order valence-corrected chi connectivity index (χ4v) is 3.49. The molecule has 1 atom stereocenters. The van der Waals surface area contributed by atoms with E-state index < -0.39 is 0 Å². The quantitative estimate of drug-likeness (QED) is 0.897. The molecule has 0 aliphatic carbocycles. The molecule has 1 heterocycles. The number of hydrogen-bond acceptors (Lipinski definition) is 4. The van der Waals surface area contributed by atoms with E-state index in [0.717, 1.165) is 37.4 Å². The molecule has 1 aliphatic rings. The van der Waals surface area contributed by atoms with Crippen molar-refractivity contribution in [2.24, 2.45) is 0 Å². The molecule has 5 heteroatoms. The molecule has 1 saturated heterocycles. The summed E-state index contributed by atoms with van der Waals surface area (Å²) in [4.78, 5) is 19.0. The lowest BCUT2D eigenvalue weighted by molar-refractivity contribution is -0.135. The summed E-state index contributed by atoms with van der Waals surface area (Å²) in [6, 6.07) is 17.3. The average molecular weight is 353 g/mol. The van der Waals surface area contributed by atoms with Crippen LogP contribution in [0.4, 0.5) is 5.69 Å². The number of hydrogen-bond donors (Lipinski definition) is 1. The van der Waals surface area contributed by atoms with Gasteiger partial charge in [-0.15, -0.1) is 0 Å². The average Bonchev–Trinajstić information content (AvgIpc) is 2.68. The Kier molecular flexibility index (Phi) is 5.78. The monoisotopic (exact) mass is 353 g/mol. The first-order chi connectivity index (χ1) is 12.6. The van der Waals surface area contributed by atoms with Crippen molar-refractivity contribution in [1.29, 1.82) is 0 Å². The van der Waals surface area contributed by atoms with Crippen LogP contribution in [0.5, 0.6) is 5.75 Å². The molecule has 0 spiro atoms. The van der Waals surface area contributed by atoms with E-state index >= 15 is 0 Å². The lowest BCUT2D eigenvalue weighted by Gasteiger charge is -2.39. The summed E-state index contributed by atoms with van der Waals surface area (Å²) in [6.07, 6.45) is 0. The zero-order chi connectivity index (χ0) is 18.5. The molecule has 138 valence electrons. The van der Waals surface area contributed by atoms with Crippen LogP contribution in [0.1, 0.15) is 12.5 Å². The van der Waals surface area contributed by atoms with Crippen LogP contribution in [0, 0.1) is 0 Å². The predicted octanol–water partition coefficient (Wildman–Crippen LogP) is 2.56. The van der Waals surface area contributed by atoms with Crippen molar-refractivity contribution < 1.29 is 9.90 Å². The number of phenols is 1. The second-order valence-electron chi connectivity index (χ2n) is 6.87. The van der Waals surface area contributed by atoms with Gasteiger partial charge in [0.25, 0.3) is 0 Å². The number of carbonyl (C=O) groups is 1. The van der Waals surface area contributed by atoms with Gasteiger partial charge in [0.1, 0.15) is 5.75 Å². The summed E-state index contributed by atoms with van der Waals surface area (Å²) in [5.74, 6) is 0.456. The zero-order valence-electron chi connectivity index (χ0n) is 15.5. The van der Waals surface area contributed by atoms with Gasteiger partial charge >= 0.3 is 0 Å². The molecule has 5 nitrogen and oxygen atoms in total. The Balaban J connectivity index is 1.55. The number of likely N-dealkylation sites (N-methyl/N-ethyl adjacent to an activating group) is 1. The minimum absolute atomic E-state index is 0.143. The Labute approximate surface area is 155 Å². The van der Waals surface area contributed by atoms with Crippen molar-refractivity contribution in [3.63, 3.8) is 0 Å². The first kappa shape index (κ1) is 18.3. The number of piperazine rings is 1. The second-order valence-corrected chi connectivity index (χ2v) is 6.87. The van der Waals surface area contributed by atoms with Crippen molar-refractivity contribution in [3.05, 3.63) is 60.2 Å². The van der Waals surface area contributed by atoms with Crippen molar-refractivity contribution in [2.75, 3.05) is 38.1 Å². The normalized spacial score (nSPS) is 16.3. The Hall–Kier alpha value is -2.53. The number of nitrogens with zero attached hydrogens (tertiary/aromatic N) is 3. The molecule has 2 aromatic rings. The Morgan fingerprint density at radius 2 is 1.65 bits per heavy atom. The van der Waals surface area contributed by atoms with Crippen LogP contribution in [-0.2, 0) is 11.3 Å². The van der Waals surface area contributed by atoms with Crippen molar-refractivity contribution in [2.45, 2.75) is 19.5 Å². The second kappa shape index (κ2) is 8.23. The first-order valence-electron chi connectivity index (χ1n) is 9.12. The number of anilines is 1. The minimum atomic E-state index is -0.143. The van der Waals surface area contributed by atoms with E-state index in [2.05, 4.69) is 9.80 Å². The molecule has 2 aromatic carbocycles. The number of benzene rings is 2. The SMILES string of the molecule is C[C@@H](C(=O)N(C)Cc1ccccc1)N1CCN(c2ccccc2O)CC1. The molecule has 1 fully saturated rings. The first-order valence-corrected chi connectivity index (χ1v) is 9.12. The van der Waals surface area contributed by atoms with Gasteiger partial charge in [-0.2, -0.15) is 0 Å². The van der Waals surface area contributed by atoms with Gasteiger partial charge in [0.15, 0.2) is 0 Å². The number of carbonyl (C=O) groups excluding carboxylic acids is 1. The van der Waals surface area contributed by atoms with E-state index in [4.69, 9.17) is 0 Å². The van der Waals surface area contributed by atoms with Gasteiger partial charge in [-0.3, -0.25) is 9.69 Å². The third kappa shape index (κ3) is 4.17. The highest BCUT2D eigenvalue weighted by atomic mass is 16.3. The summed E-state index contributed by atoms with van der Waals surface area (Å²) < 4.78 is 0. The van der Waals surface area contributed by atoms with Gasteiger partial charge in [-0.25, -0.2) is 0 Å². The number of rotatable bonds is 5. The highest BCUT2D eigenvalue weighted by Crippen LogP contribution is 2.27. The van der Waals surface area contributed by atoms with Gasteiger partial charge in [-0.1, -0.05) is 42.5 Å². The van der Waals surface area contributed by atoms with E-state index in [1.54, 1.807) is 11.0 Å². The Morgan fingerprint density at radius 1 is 1.04 bits per heavy atom. The van der Waals surface area contributed by atoms with Crippen molar-refractivity contribution in [3.8, 4) is 5.75 Å². The molecular formula is C21H27N3O2. The van der Waals surface area contributed by atoms with E-state index in [9.17, 15) is 9.90 Å². The lowest BCUT2D eigenvalue weighted by atomic mass is 10.1. The van der Waals surface area contributed by atoms with E-state index in [1.165, 1.54) is 0 Å². The molecule has 1 amide bonds. The Morgan fingerprint density at radius 3 is 2.31 bits per heavy atom. The van der Waals surface area contributed by atoms with Crippen molar-refractivity contribution >= 4 is 11.6 Å². The minimum Gasteiger partial charge on any atom is -0.506 e. The topological polar surface area (TPSA) is 47.0 Å². The smallest absolute Gasteiger partial charge is 0.239 e. The summed E-state index contributed by atoms with van der Waals surface area (Å²) in [6.45, 7) is 5.83. The molecule has 0 unspecified atom stereocenters. The van der Waals surface area contributed by atoms with Crippen LogP contribution in [0.15, 0.2) is 54.6 Å². The maximum Gasteiger partial charge on any atom is 0.239 e. The molecule has 0 radical (unpaired) electrons. The largest absolute Gasteiger partial charge is 0.506 e. The molecule has 0 bridgehead atoms. The predicted molar refractivity (Wildman–Crippen MR) is 104 cm³/mol. The van der Waals surface area contributed by atoms with Gasteiger partial charge < -0.3 is 14.9 Å². The van der Waals surface area contributed by atoms with Crippen LogP contribution >= 0.6 is 0 Å². The van der Waals surface area contributed by atoms with Crippen LogP contribution < -0.4 is 4.90 Å². The van der Waals surface area contributed by atoms with E-state index in [1.807, 2.05) is 62.5 Å². The van der Waals surface area contributed by atoms with Crippen LogP contribution in [0.2, 0.25) is 0 Å². The van der Waals surface area contributed by atoms with Gasteiger partial charge in [0.2, 0.25) is 5.91 Å². The molecular weight excluding hydrogens is 326 g/mol. The third-order valence-corrected chi connectivity index (χ3v) is 5.08. The lowest BCUT2D eigenvalue weighted by Crippen LogP contribution is -2.54. The maximum atomic E-state index is 12.8. The number of phenolic OH excluding ortho intramolecular Hbond substituents is 1. The summed E-state index contributed by atoms with van der Waals surface area (Å²) in [7, 11) is 1.87. The van der Waals surface area contributed by atoms with Crippen LogP contribution in [0.25, 0.3) is 0 Å². The molecule has 0 saturated carbocycles. The highest BCUT2D eigenvalue weighted by Gasteiger charge is 2.28. The maximum absolute atomic E-state index is 12.8. The molecule has 1 aliphatic heterocycles. The van der Waals surface area contributed by atoms with Crippen molar-refractivity contribution in [1.82, 2.24) is 9.80 Å².